The van der Waals surface area contributed by atoms with Gasteiger partial charge in [0.15, 0.2) is 5.82 Å². The largest absolute Gasteiger partial charge is 0.343 e. The Kier molecular flexibility index (Phi) is 4.46. The van der Waals surface area contributed by atoms with Crippen LogP contribution in [0.5, 0.6) is 0 Å². The van der Waals surface area contributed by atoms with E-state index in [1.54, 1.807) is 0 Å². The fraction of sp³-hybridized carbons (Fsp3) is 0.583. The third-order valence-corrected chi connectivity index (χ3v) is 2.81. The van der Waals surface area contributed by atoms with Crippen molar-refractivity contribution in [3.8, 4) is 0 Å². The predicted molar refractivity (Wildman–Crippen MR) is 67.0 cm³/mol. The number of nitrogens with one attached hydrogen (secondary N) is 1. The molecule has 6 heteroatoms. The normalized spacial score (nSPS) is 11.0. The highest BCUT2D eigenvalue weighted by molar-refractivity contribution is 5.10. The van der Waals surface area contributed by atoms with E-state index >= 15 is 0 Å². The Morgan fingerprint density at radius 3 is 2.94 bits per heavy atom. The van der Waals surface area contributed by atoms with Crippen molar-refractivity contribution in [2.24, 2.45) is 0 Å². The van der Waals surface area contributed by atoms with Gasteiger partial charge in [-0.3, -0.25) is 4.68 Å². The maximum Gasteiger partial charge on any atom is 0.213 e. The molecular weight excluding hydrogens is 230 g/mol. The summed E-state index contributed by atoms with van der Waals surface area (Å²) in [5, 5.41) is 11.7. The van der Waals surface area contributed by atoms with Crippen molar-refractivity contribution < 1.29 is 4.52 Å². The summed E-state index contributed by atoms with van der Waals surface area (Å²) in [6, 6.07) is 2.16. The lowest BCUT2D eigenvalue weighted by Crippen LogP contribution is -2.19. The Bertz CT molecular complexity index is 463. The van der Waals surface area contributed by atoms with E-state index in [0.29, 0.717) is 0 Å². The summed E-state index contributed by atoms with van der Waals surface area (Å²) in [6.07, 6.45) is 3.11. The van der Waals surface area contributed by atoms with E-state index < -0.39 is 0 Å². The molecule has 0 spiro atoms. The van der Waals surface area contributed by atoms with Gasteiger partial charge in [0.1, 0.15) is 0 Å². The molecule has 0 unspecified atom stereocenters. The van der Waals surface area contributed by atoms with Crippen LogP contribution in [-0.4, -0.2) is 26.5 Å². The van der Waals surface area contributed by atoms with Crippen LogP contribution >= 0.6 is 0 Å². The molecule has 0 aromatic carbocycles. The number of rotatable bonds is 7. The Morgan fingerprint density at radius 1 is 1.39 bits per heavy atom. The lowest BCUT2D eigenvalue weighted by molar-refractivity contribution is 0.409. The number of hydrogen-bond acceptors (Lipinski definition) is 5. The summed E-state index contributed by atoms with van der Waals surface area (Å²) in [7, 11) is 0. The molecule has 0 saturated heterocycles. The zero-order valence-electron chi connectivity index (χ0n) is 10.9. The molecule has 0 saturated carbocycles. The van der Waals surface area contributed by atoms with E-state index in [9.17, 15) is 0 Å². The van der Waals surface area contributed by atoms with Crippen molar-refractivity contribution in [3.05, 3.63) is 29.7 Å². The molecule has 0 aliphatic heterocycles. The van der Waals surface area contributed by atoms with Gasteiger partial charge in [-0.15, -0.1) is 0 Å². The second-order valence-electron chi connectivity index (χ2n) is 4.07. The maximum atomic E-state index is 4.68. The van der Waals surface area contributed by atoms with Crippen LogP contribution in [0.2, 0.25) is 0 Å². The molecule has 2 aromatic heterocycles. The lowest BCUT2D eigenvalue weighted by atomic mass is 10.3. The Hall–Kier alpha value is -1.69. The van der Waals surface area contributed by atoms with Gasteiger partial charge in [-0.05, 0) is 19.4 Å². The molecule has 98 valence electrons. The molecule has 2 rings (SSSR count). The van der Waals surface area contributed by atoms with Crippen LogP contribution in [0.15, 0.2) is 17.0 Å². The third kappa shape index (κ3) is 3.16. The number of hydrogen-bond donors (Lipinski definition) is 1. The number of aromatic nitrogens is 4. The van der Waals surface area contributed by atoms with Crippen LogP contribution < -0.4 is 5.32 Å². The minimum atomic E-state index is 0.737. The first kappa shape index (κ1) is 12.8. The van der Waals surface area contributed by atoms with E-state index in [1.807, 2.05) is 4.68 Å². The second kappa shape index (κ2) is 6.30. The van der Waals surface area contributed by atoms with E-state index in [2.05, 4.69) is 45.0 Å². The third-order valence-electron chi connectivity index (χ3n) is 2.81. The van der Waals surface area contributed by atoms with Gasteiger partial charge < -0.3 is 9.84 Å². The molecular formula is C12H19N5O. The smallest absolute Gasteiger partial charge is 0.213 e. The van der Waals surface area contributed by atoms with Crippen molar-refractivity contribution in [2.75, 3.05) is 6.54 Å². The summed E-state index contributed by atoms with van der Waals surface area (Å²) in [5.41, 5.74) is 2.37. The van der Waals surface area contributed by atoms with Gasteiger partial charge in [0.25, 0.3) is 0 Å². The molecule has 2 heterocycles. The second-order valence-corrected chi connectivity index (χ2v) is 4.07. The van der Waals surface area contributed by atoms with Gasteiger partial charge in [-0.1, -0.05) is 12.1 Å². The zero-order chi connectivity index (χ0) is 12.8. The molecule has 0 aliphatic carbocycles. The summed E-state index contributed by atoms with van der Waals surface area (Å²) in [6.45, 7) is 6.78. The Morgan fingerprint density at radius 2 is 2.28 bits per heavy atom. The highest BCUT2D eigenvalue weighted by Crippen LogP contribution is 2.05. The SMILES string of the molecule is CCc1cc(CNCCc2ncon2)n(CC)n1. The molecule has 1 N–H and O–H groups in total. The predicted octanol–water partition coefficient (Wildman–Crippen LogP) is 1.18. The first-order valence-electron chi connectivity index (χ1n) is 6.35. The van der Waals surface area contributed by atoms with Gasteiger partial charge in [-0.2, -0.15) is 10.1 Å². The van der Waals surface area contributed by atoms with Crippen LogP contribution in [0.25, 0.3) is 0 Å². The van der Waals surface area contributed by atoms with Gasteiger partial charge in [0.2, 0.25) is 6.39 Å². The van der Waals surface area contributed by atoms with Gasteiger partial charge in [0.05, 0.1) is 11.4 Å². The molecule has 0 radical (unpaired) electrons. The summed E-state index contributed by atoms with van der Waals surface area (Å²) in [4.78, 5) is 3.98. The molecule has 0 fully saturated rings. The molecule has 0 amide bonds. The minimum Gasteiger partial charge on any atom is -0.343 e. The first-order valence-corrected chi connectivity index (χ1v) is 6.35. The molecule has 2 aromatic rings. The number of nitrogens with zero attached hydrogens (tertiary/aromatic N) is 4. The van der Waals surface area contributed by atoms with Crippen molar-refractivity contribution in [3.63, 3.8) is 0 Å². The average Bonchev–Trinajstić information content (AvgIpc) is 3.03. The van der Waals surface area contributed by atoms with E-state index in [0.717, 1.165) is 44.0 Å². The fourth-order valence-corrected chi connectivity index (χ4v) is 1.82. The summed E-state index contributed by atoms with van der Waals surface area (Å²) >= 11 is 0. The molecule has 6 nitrogen and oxygen atoms in total. The van der Waals surface area contributed by atoms with Crippen molar-refractivity contribution >= 4 is 0 Å². The molecule has 0 aliphatic rings. The van der Waals surface area contributed by atoms with E-state index in [-0.39, 0.29) is 0 Å². The zero-order valence-corrected chi connectivity index (χ0v) is 10.9. The first-order chi connectivity index (χ1) is 8.83. The number of aryl methyl sites for hydroxylation is 2. The topological polar surface area (TPSA) is 68.8 Å². The van der Waals surface area contributed by atoms with E-state index in [4.69, 9.17) is 0 Å². The lowest BCUT2D eigenvalue weighted by Gasteiger charge is -2.05. The Balaban J connectivity index is 1.80. The van der Waals surface area contributed by atoms with Crippen LogP contribution in [0.1, 0.15) is 31.1 Å². The van der Waals surface area contributed by atoms with Gasteiger partial charge in [-0.25, -0.2) is 0 Å². The van der Waals surface area contributed by atoms with Crippen molar-refractivity contribution in [2.45, 2.75) is 39.8 Å². The molecule has 0 atom stereocenters. The van der Waals surface area contributed by atoms with Crippen LogP contribution in [-0.2, 0) is 25.9 Å². The molecule has 0 bridgehead atoms. The van der Waals surface area contributed by atoms with Gasteiger partial charge in [0, 0.05) is 26.1 Å². The van der Waals surface area contributed by atoms with Crippen molar-refractivity contribution in [1.82, 2.24) is 25.2 Å². The quantitative estimate of drug-likeness (QED) is 0.746. The van der Waals surface area contributed by atoms with E-state index in [1.165, 1.54) is 12.1 Å². The Labute approximate surface area is 106 Å². The fourth-order valence-electron chi connectivity index (χ4n) is 1.82. The van der Waals surface area contributed by atoms with Crippen molar-refractivity contribution in [1.29, 1.82) is 0 Å². The standard InChI is InChI=1S/C12H19N5O/c1-3-10-7-11(17(4-2)15-10)8-13-6-5-12-14-9-18-16-12/h7,9,13H,3-6,8H2,1-2H3. The van der Waals surface area contributed by atoms with Gasteiger partial charge >= 0.3 is 0 Å². The average molecular weight is 249 g/mol. The highest BCUT2D eigenvalue weighted by atomic mass is 16.5. The van der Waals surface area contributed by atoms with Crippen LogP contribution in [0.4, 0.5) is 0 Å². The van der Waals surface area contributed by atoms with Crippen LogP contribution in [0.3, 0.4) is 0 Å². The van der Waals surface area contributed by atoms with Crippen LogP contribution in [0, 0.1) is 0 Å². The summed E-state index contributed by atoms with van der Waals surface area (Å²) in [5.74, 6) is 0.737. The molecule has 18 heavy (non-hydrogen) atoms. The minimum absolute atomic E-state index is 0.737. The monoisotopic (exact) mass is 249 g/mol. The summed E-state index contributed by atoms with van der Waals surface area (Å²) < 4.78 is 6.72. The maximum absolute atomic E-state index is 4.68. The highest BCUT2D eigenvalue weighted by Gasteiger charge is 2.05.